The number of methoxy groups -OCH3 is 2. The maximum atomic E-state index is 12.1. The zero-order chi connectivity index (χ0) is 52.6. The molecule has 382 valence electrons. The lowest BCUT2D eigenvalue weighted by Gasteiger charge is -2.22. The van der Waals surface area contributed by atoms with Crippen molar-refractivity contribution in [3.63, 3.8) is 0 Å². The van der Waals surface area contributed by atoms with Crippen LogP contribution in [0.4, 0.5) is 0 Å². The number of aliphatic carboxylic acids is 2. The van der Waals surface area contributed by atoms with Crippen molar-refractivity contribution in [3.05, 3.63) is 163 Å². The van der Waals surface area contributed by atoms with Crippen LogP contribution in [0.1, 0.15) is 69.5 Å². The van der Waals surface area contributed by atoms with E-state index in [1.54, 1.807) is 76.0 Å². The molecule has 16 nitrogen and oxygen atoms in total. The highest BCUT2D eigenvalue weighted by molar-refractivity contribution is 6.32. The van der Waals surface area contributed by atoms with E-state index in [1.807, 2.05) is 50.2 Å². The first kappa shape index (κ1) is 55.2. The highest BCUT2D eigenvalue weighted by atomic mass is 35.5. The van der Waals surface area contributed by atoms with E-state index in [1.165, 1.54) is 20.4 Å². The van der Waals surface area contributed by atoms with Crippen LogP contribution in [0.3, 0.4) is 0 Å². The summed E-state index contributed by atoms with van der Waals surface area (Å²) in [6.07, 6.45) is 6.92. The summed E-state index contributed by atoms with van der Waals surface area (Å²) in [5, 5.41) is 35.8. The van der Waals surface area contributed by atoms with Crippen LogP contribution in [0.5, 0.6) is 23.0 Å². The SMILES string of the molecule is CN=Cc1cncc(COc2cc(OCc3cccc(-c4cccc(COc5cc(OCc6cncc(C#N)c6)c(CN[C@H](C(=O)O)[C@@H](C)OC)cc5Cl)c4C)c3C)c(Cl)cc2CN[C@H](C(=O)O)[C@@H](C)OC)c1. The molecule has 0 saturated heterocycles. The summed E-state index contributed by atoms with van der Waals surface area (Å²) < 4.78 is 36.0. The van der Waals surface area contributed by atoms with Gasteiger partial charge in [-0.1, -0.05) is 59.6 Å². The monoisotopic (exact) mass is 1030 g/mol. The van der Waals surface area contributed by atoms with Crippen molar-refractivity contribution in [1.82, 2.24) is 20.6 Å². The molecule has 0 amide bonds. The van der Waals surface area contributed by atoms with Crippen LogP contribution < -0.4 is 29.6 Å². The van der Waals surface area contributed by atoms with Gasteiger partial charge in [-0.2, -0.15) is 5.26 Å². The molecule has 0 saturated carbocycles. The summed E-state index contributed by atoms with van der Waals surface area (Å²) in [4.78, 5) is 36.7. The quantitative estimate of drug-likeness (QED) is 0.0372. The Morgan fingerprint density at radius 1 is 0.658 bits per heavy atom. The van der Waals surface area contributed by atoms with Crippen LogP contribution >= 0.6 is 23.2 Å². The summed E-state index contributed by atoms with van der Waals surface area (Å²) in [5.74, 6) is -0.580. The second-order valence-corrected chi connectivity index (χ2v) is 17.9. The van der Waals surface area contributed by atoms with Gasteiger partial charge < -0.3 is 38.6 Å². The number of pyridine rings is 2. The van der Waals surface area contributed by atoms with Crippen molar-refractivity contribution >= 4 is 41.4 Å². The van der Waals surface area contributed by atoms with Gasteiger partial charge in [-0.15, -0.1) is 0 Å². The van der Waals surface area contributed by atoms with Crippen molar-refractivity contribution in [2.24, 2.45) is 4.99 Å². The average Bonchev–Trinajstić information content (AvgIpc) is 3.38. The van der Waals surface area contributed by atoms with E-state index in [0.717, 1.165) is 44.5 Å². The molecule has 0 aliphatic rings. The number of rotatable bonds is 26. The Morgan fingerprint density at radius 3 is 1.55 bits per heavy atom. The molecule has 2 aromatic heterocycles. The number of hydrogen-bond donors (Lipinski definition) is 4. The average molecular weight is 1030 g/mol. The molecule has 0 bridgehead atoms. The van der Waals surface area contributed by atoms with Crippen LogP contribution in [0, 0.1) is 25.2 Å². The van der Waals surface area contributed by atoms with Gasteiger partial charge in [-0.3, -0.25) is 35.2 Å². The molecule has 73 heavy (non-hydrogen) atoms. The molecule has 0 radical (unpaired) electrons. The molecule has 4 N–H and O–H groups in total. The molecule has 4 atom stereocenters. The molecular weight excluding hydrogens is 976 g/mol. The van der Waals surface area contributed by atoms with Crippen molar-refractivity contribution in [3.8, 4) is 40.2 Å². The van der Waals surface area contributed by atoms with E-state index in [-0.39, 0.29) is 39.5 Å². The Hall–Kier alpha value is -7.10. The molecule has 6 rings (SSSR count). The minimum absolute atomic E-state index is 0.0691. The van der Waals surface area contributed by atoms with Gasteiger partial charge >= 0.3 is 11.9 Å². The van der Waals surface area contributed by atoms with Crippen molar-refractivity contribution in [2.75, 3.05) is 21.3 Å². The van der Waals surface area contributed by atoms with Gasteiger partial charge in [-0.25, -0.2) is 0 Å². The topological polar surface area (TPSA) is 216 Å². The van der Waals surface area contributed by atoms with Gasteiger partial charge in [0.25, 0.3) is 0 Å². The van der Waals surface area contributed by atoms with Crippen LogP contribution in [0.2, 0.25) is 10.0 Å². The van der Waals surface area contributed by atoms with Gasteiger partial charge in [0, 0.05) is 105 Å². The van der Waals surface area contributed by atoms with Crippen LogP contribution in [-0.4, -0.2) is 83.9 Å². The fourth-order valence-corrected chi connectivity index (χ4v) is 8.35. The Balaban J connectivity index is 1.22. The van der Waals surface area contributed by atoms with E-state index in [4.69, 9.17) is 51.6 Å². The maximum Gasteiger partial charge on any atom is 0.323 e. The number of aromatic nitrogens is 2. The second-order valence-electron chi connectivity index (χ2n) is 17.1. The molecule has 6 aromatic rings. The van der Waals surface area contributed by atoms with E-state index in [0.29, 0.717) is 55.3 Å². The zero-order valence-electron chi connectivity index (χ0n) is 41.6. The first-order valence-corrected chi connectivity index (χ1v) is 23.9. The lowest BCUT2D eigenvalue weighted by Crippen LogP contribution is -2.45. The van der Waals surface area contributed by atoms with Crippen LogP contribution in [0.25, 0.3) is 11.1 Å². The predicted molar refractivity (Wildman–Crippen MR) is 278 cm³/mol. The minimum Gasteiger partial charge on any atom is -0.488 e. The van der Waals surface area contributed by atoms with E-state index in [9.17, 15) is 25.1 Å². The van der Waals surface area contributed by atoms with Gasteiger partial charge in [0.2, 0.25) is 0 Å². The first-order valence-electron chi connectivity index (χ1n) is 23.2. The standard InChI is InChI=1S/C55H58Cl2N6O10/c1-32-40(30-72-50-18-48(70-28-38-14-36(20-58)22-60-24-38)42(16-46(50)56)26-62-52(54(64)65)34(3)68-6)10-8-12-44(32)45-13-9-11-41(33(45)2)31-73-51-19-49(71-29-39-15-37(21-59-5)23-61-25-39)43(17-47(51)57)27-63-53(55(66)67)35(4)69-7/h8-19,21-25,34-35,52-53,62-63H,26-31H2,1-7H3,(H,64,65)(H,66,67)/t34-,35-,52+,53+/m1/s1. The Kier molecular flexibility index (Phi) is 20.1. The number of nitrogens with zero attached hydrogens (tertiary/aromatic N) is 4. The fraction of sp³-hybridized carbons (Fsp3) is 0.309. The molecule has 4 aromatic carbocycles. The van der Waals surface area contributed by atoms with E-state index in [2.05, 4.69) is 37.7 Å². The number of carbonyl (C=O) groups is 2. The number of hydrogen-bond acceptors (Lipinski definition) is 14. The molecule has 18 heteroatoms. The summed E-state index contributed by atoms with van der Waals surface area (Å²) >= 11 is 13.7. The smallest absolute Gasteiger partial charge is 0.323 e. The lowest BCUT2D eigenvalue weighted by molar-refractivity contribution is -0.144. The summed E-state index contributed by atoms with van der Waals surface area (Å²) in [5.41, 5.74) is 9.61. The van der Waals surface area contributed by atoms with Gasteiger partial charge in [0.1, 0.15) is 67.6 Å². The fourth-order valence-electron chi connectivity index (χ4n) is 7.87. The molecule has 0 fully saturated rings. The highest BCUT2D eigenvalue weighted by Gasteiger charge is 2.27. The lowest BCUT2D eigenvalue weighted by atomic mass is 9.92. The van der Waals surface area contributed by atoms with Crippen LogP contribution in [-0.2, 0) is 58.6 Å². The number of carboxylic acids is 2. The highest BCUT2D eigenvalue weighted by Crippen LogP contribution is 2.37. The summed E-state index contributed by atoms with van der Waals surface area (Å²) in [7, 11) is 4.58. The molecule has 0 aliphatic heterocycles. The Morgan fingerprint density at radius 2 is 1.11 bits per heavy atom. The maximum absolute atomic E-state index is 12.1. The largest absolute Gasteiger partial charge is 0.488 e. The predicted octanol–water partition coefficient (Wildman–Crippen LogP) is 9.46. The summed E-state index contributed by atoms with van der Waals surface area (Å²) in [6.45, 7) is 8.15. The molecular formula is C55H58Cl2N6O10. The third-order valence-electron chi connectivity index (χ3n) is 12.2. The number of benzene rings is 4. The molecule has 0 aliphatic carbocycles. The van der Waals surface area contributed by atoms with E-state index < -0.39 is 36.2 Å². The van der Waals surface area contributed by atoms with Gasteiger partial charge in [0.15, 0.2) is 0 Å². The minimum atomic E-state index is -1.07. The third-order valence-corrected chi connectivity index (χ3v) is 12.8. The first-order chi connectivity index (χ1) is 35.1. The third kappa shape index (κ3) is 14.8. The Labute approximate surface area is 434 Å². The Bertz CT molecular complexity index is 2970. The number of aliphatic imine (C=N–C) groups is 1. The second kappa shape index (κ2) is 26.6. The van der Waals surface area contributed by atoms with Crippen molar-refractivity contribution in [2.45, 2.75) is 91.5 Å². The molecule has 0 spiro atoms. The van der Waals surface area contributed by atoms with Crippen molar-refractivity contribution < 1.29 is 48.2 Å². The van der Waals surface area contributed by atoms with E-state index >= 15 is 0 Å². The van der Waals surface area contributed by atoms with Gasteiger partial charge in [-0.05, 0) is 85.3 Å². The normalized spacial score (nSPS) is 12.9. The number of halogens is 2. The van der Waals surface area contributed by atoms with Gasteiger partial charge in [0.05, 0.1) is 27.8 Å². The summed E-state index contributed by atoms with van der Waals surface area (Å²) in [6, 6.07) is 22.4. The molecule has 2 heterocycles. The molecule has 0 unspecified atom stereocenters. The van der Waals surface area contributed by atoms with Crippen LogP contribution in [0.15, 0.2) is 103 Å². The number of carboxylic acid groups (broad SMARTS) is 2. The number of ether oxygens (including phenoxy) is 6. The van der Waals surface area contributed by atoms with Crippen molar-refractivity contribution in [1.29, 1.82) is 5.26 Å². The zero-order valence-corrected chi connectivity index (χ0v) is 43.1. The number of nitriles is 1. The number of nitrogens with one attached hydrogen (secondary N) is 2.